The highest BCUT2D eigenvalue weighted by atomic mass is 16.3. The van der Waals surface area contributed by atoms with E-state index in [1.807, 2.05) is 18.2 Å². The molecule has 2 aromatic carbocycles. The van der Waals surface area contributed by atoms with Crippen LogP contribution in [0.5, 0.6) is 11.5 Å². The first-order valence-corrected chi connectivity index (χ1v) is 12.1. The van der Waals surface area contributed by atoms with Gasteiger partial charge in [0.05, 0.1) is 0 Å². The fourth-order valence-corrected chi connectivity index (χ4v) is 5.05. The molecule has 3 rings (SSSR count). The summed E-state index contributed by atoms with van der Waals surface area (Å²) in [7, 11) is 0. The molecular weight excluding hydrogens is 404 g/mol. The summed E-state index contributed by atoms with van der Waals surface area (Å²) < 4.78 is 0. The zero-order chi connectivity index (χ0) is 24.8. The maximum absolute atomic E-state index is 11.4. The number of allylic oxidation sites excluding steroid dienone is 4. The molecule has 2 atom stereocenters. The highest BCUT2D eigenvalue weighted by molar-refractivity contribution is 5.77. The minimum absolute atomic E-state index is 0.0317. The van der Waals surface area contributed by atoms with Gasteiger partial charge in [0.15, 0.2) is 0 Å². The molecule has 0 saturated heterocycles. The van der Waals surface area contributed by atoms with E-state index in [9.17, 15) is 10.2 Å². The number of rotatable bonds is 3. The van der Waals surface area contributed by atoms with Gasteiger partial charge in [0.2, 0.25) is 0 Å². The van der Waals surface area contributed by atoms with Gasteiger partial charge in [0.25, 0.3) is 0 Å². The Morgan fingerprint density at radius 2 is 1.27 bits per heavy atom. The van der Waals surface area contributed by atoms with Gasteiger partial charge in [-0.1, -0.05) is 117 Å². The molecule has 2 aromatic rings. The molecular formula is C31H42O2. The van der Waals surface area contributed by atoms with Gasteiger partial charge in [-0.15, -0.1) is 0 Å². The van der Waals surface area contributed by atoms with Gasteiger partial charge >= 0.3 is 0 Å². The second-order valence-electron chi connectivity index (χ2n) is 12.8. The minimum Gasteiger partial charge on any atom is -0.507 e. The number of benzene rings is 2. The fourth-order valence-electron chi connectivity index (χ4n) is 5.05. The Balaban J connectivity index is 2.18. The predicted octanol–water partition coefficient (Wildman–Crippen LogP) is 8.48. The van der Waals surface area contributed by atoms with E-state index in [2.05, 4.69) is 98.7 Å². The first kappa shape index (κ1) is 25.1. The third-order valence-corrected chi connectivity index (χ3v) is 6.65. The second-order valence-corrected chi connectivity index (χ2v) is 12.8. The molecule has 178 valence electrons. The molecule has 0 aromatic heterocycles. The maximum Gasteiger partial charge on any atom is 0.126 e. The summed E-state index contributed by atoms with van der Waals surface area (Å²) in [5.41, 5.74) is 4.72. The van der Waals surface area contributed by atoms with Gasteiger partial charge in [0.1, 0.15) is 11.5 Å². The maximum atomic E-state index is 11.4. The minimum atomic E-state index is -0.149. The molecule has 0 spiro atoms. The normalized spacial score (nSPS) is 19.5. The lowest BCUT2D eigenvalue weighted by Gasteiger charge is -2.36. The molecule has 0 radical (unpaired) electrons. The Labute approximate surface area is 201 Å². The summed E-state index contributed by atoms with van der Waals surface area (Å²) in [6, 6.07) is 12.3. The molecule has 1 aliphatic carbocycles. The molecule has 33 heavy (non-hydrogen) atoms. The van der Waals surface area contributed by atoms with E-state index in [4.69, 9.17) is 0 Å². The number of para-hydroxylation sites is 2. The molecule has 2 nitrogen and oxygen atoms in total. The summed E-state index contributed by atoms with van der Waals surface area (Å²) in [5, 5.41) is 22.7. The lowest BCUT2D eigenvalue weighted by molar-refractivity contribution is 0.314. The zero-order valence-corrected chi connectivity index (χ0v) is 22.0. The van der Waals surface area contributed by atoms with Crippen LogP contribution in [0.25, 0.3) is 5.57 Å². The van der Waals surface area contributed by atoms with E-state index in [-0.39, 0.29) is 28.1 Å². The smallest absolute Gasteiger partial charge is 0.126 e. The van der Waals surface area contributed by atoms with Crippen LogP contribution in [0.15, 0.2) is 54.6 Å². The fraction of sp³-hybridized carbons (Fsp3) is 0.484. The van der Waals surface area contributed by atoms with Crippen LogP contribution in [0.4, 0.5) is 0 Å². The van der Waals surface area contributed by atoms with E-state index in [0.717, 1.165) is 34.2 Å². The lowest BCUT2D eigenvalue weighted by Crippen LogP contribution is -2.23. The first-order chi connectivity index (χ1) is 15.1. The van der Waals surface area contributed by atoms with Crippen LogP contribution in [0, 0.1) is 11.3 Å². The number of phenolic OH excluding ortho intramolecular Hbond substituents is 2. The highest BCUT2D eigenvalue weighted by Crippen LogP contribution is 2.50. The quantitative estimate of drug-likeness (QED) is 0.496. The van der Waals surface area contributed by atoms with Crippen LogP contribution < -0.4 is 0 Å². The van der Waals surface area contributed by atoms with Gasteiger partial charge in [-0.05, 0) is 45.3 Å². The van der Waals surface area contributed by atoms with Crippen LogP contribution in [0.3, 0.4) is 0 Å². The van der Waals surface area contributed by atoms with Crippen molar-refractivity contribution in [2.75, 3.05) is 0 Å². The molecule has 0 aliphatic heterocycles. The first-order valence-electron chi connectivity index (χ1n) is 12.1. The van der Waals surface area contributed by atoms with E-state index in [0.29, 0.717) is 11.5 Å². The topological polar surface area (TPSA) is 40.5 Å². The molecule has 0 amide bonds. The van der Waals surface area contributed by atoms with E-state index >= 15 is 0 Å². The molecule has 2 heteroatoms. The van der Waals surface area contributed by atoms with Crippen molar-refractivity contribution in [1.29, 1.82) is 0 Å². The van der Waals surface area contributed by atoms with Crippen molar-refractivity contribution in [2.45, 2.75) is 85.5 Å². The number of phenols is 2. The van der Waals surface area contributed by atoms with E-state index in [1.54, 1.807) is 0 Å². The summed E-state index contributed by atoms with van der Waals surface area (Å²) >= 11 is 0. The van der Waals surface area contributed by atoms with Crippen LogP contribution in [0.2, 0.25) is 0 Å². The molecule has 0 saturated carbocycles. The van der Waals surface area contributed by atoms with Crippen molar-refractivity contribution in [2.24, 2.45) is 11.3 Å². The van der Waals surface area contributed by atoms with Crippen molar-refractivity contribution in [3.05, 3.63) is 76.9 Å². The van der Waals surface area contributed by atoms with Crippen molar-refractivity contribution >= 4 is 5.57 Å². The monoisotopic (exact) mass is 446 g/mol. The van der Waals surface area contributed by atoms with Crippen molar-refractivity contribution in [1.82, 2.24) is 0 Å². The molecule has 0 heterocycles. The van der Waals surface area contributed by atoms with Gasteiger partial charge in [-0.3, -0.25) is 0 Å². The number of hydrogen-bond acceptors (Lipinski definition) is 2. The third-order valence-electron chi connectivity index (χ3n) is 6.65. The number of hydrogen-bond donors (Lipinski definition) is 2. The Bertz CT molecular complexity index is 1070. The lowest BCUT2D eigenvalue weighted by atomic mass is 9.68. The Morgan fingerprint density at radius 1 is 0.727 bits per heavy atom. The zero-order valence-electron chi connectivity index (χ0n) is 22.0. The molecule has 1 unspecified atom stereocenters. The average Bonchev–Trinajstić information content (AvgIpc) is 2.66. The average molecular weight is 447 g/mol. The summed E-state index contributed by atoms with van der Waals surface area (Å²) in [6.07, 6.45) is 7.39. The Kier molecular flexibility index (Phi) is 6.63. The summed E-state index contributed by atoms with van der Waals surface area (Å²) in [4.78, 5) is 0. The molecule has 2 N–H and O–H groups in total. The van der Waals surface area contributed by atoms with Crippen molar-refractivity contribution < 1.29 is 10.2 Å². The summed E-state index contributed by atoms with van der Waals surface area (Å²) in [5.74, 6) is 0.936. The third kappa shape index (κ3) is 5.37. The van der Waals surface area contributed by atoms with E-state index in [1.165, 1.54) is 0 Å². The standard InChI is InChI=1S/C31H42O2/c1-29(2,3)19-24-20(22-15-11-17-25(27(22)32)30(4,5)6)13-10-14-21(24)23-16-12-18-26(28(23)33)31(7,8)9/h10-18,20,24,32-33H,19H2,1-9H3/t20?,24-/m0/s1. The van der Waals surface area contributed by atoms with Gasteiger partial charge in [-0.2, -0.15) is 0 Å². The largest absolute Gasteiger partial charge is 0.507 e. The number of aromatic hydroxyl groups is 2. The van der Waals surface area contributed by atoms with Gasteiger partial charge < -0.3 is 10.2 Å². The Hall–Kier alpha value is -2.48. The summed E-state index contributed by atoms with van der Waals surface area (Å²) in [6.45, 7) is 19.6. The van der Waals surface area contributed by atoms with Gasteiger partial charge in [0, 0.05) is 17.0 Å². The SMILES string of the molecule is CC(C)(C)C[C@@H]1C(c2cccc(C(C)(C)C)c2O)=CC=CC1c1cccc(C(C)(C)C)c1O. The van der Waals surface area contributed by atoms with Crippen LogP contribution >= 0.6 is 0 Å². The molecule has 0 bridgehead atoms. The molecule has 0 fully saturated rings. The van der Waals surface area contributed by atoms with Gasteiger partial charge in [-0.25, -0.2) is 0 Å². The van der Waals surface area contributed by atoms with Crippen LogP contribution in [0.1, 0.15) is 96.9 Å². The predicted molar refractivity (Wildman–Crippen MR) is 141 cm³/mol. The van der Waals surface area contributed by atoms with Crippen molar-refractivity contribution in [3.8, 4) is 11.5 Å². The molecule has 1 aliphatic rings. The van der Waals surface area contributed by atoms with E-state index < -0.39 is 0 Å². The Morgan fingerprint density at radius 3 is 1.82 bits per heavy atom. The highest BCUT2D eigenvalue weighted by Gasteiger charge is 2.35. The van der Waals surface area contributed by atoms with Crippen LogP contribution in [-0.4, -0.2) is 10.2 Å². The second kappa shape index (κ2) is 8.70. The van der Waals surface area contributed by atoms with Crippen LogP contribution in [-0.2, 0) is 10.8 Å². The van der Waals surface area contributed by atoms with Crippen molar-refractivity contribution in [3.63, 3.8) is 0 Å².